The van der Waals surface area contributed by atoms with Gasteiger partial charge in [0.2, 0.25) is 0 Å². The van der Waals surface area contributed by atoms with Crippen LogP contribution in [0, 0.1) is 5.92 Å². The summed E-state index contributed by atoms with van der Waals surface area (Å²) in [7, 11) is 0. The van der Waals surface area contributed by atoms with Gasteiger partial charge in [-0.1, -0.05) is 50.1 Å². The van der Waals surface area contributed by atoms with Gasteiger partial charge in [0.1, 0.15) is 0 Å². The molecule has 0 saturated heterocycles. The molecule has 3 heterocycles. The topological polar surface area (TPSA) is 56.9 Å². The Morgan fingerprint density at radius 3 is 2.37 bits per heavy atom. The number of fused-ring (bicyclic) bond motifs is 2. The molecule has 1 aliphatic rings. The van der Waals surface area contributed by atoms with E-state index >= 15 is 0 Å². The highest BCUT2D eigenvalue weighted by molar-refractivity contribution is 5.91. The molecule has 5 nitrogen and oxygen atoms in total. The summed E-state index contributed by atoms with van der Waals surface area (Å²) in [5.74, 6) is 0.477. The van der Waals surface area contributed by atoms with Crippen LogP contribution in [0.1, 0.15) is 44.2 Å². The number of rotatable bonds is 3. The Hall–Kier alpha value is -3.21. The van der Waals surface area contributed by atoms with E-state index in [1.807, 2.05) is 53.2 Å². The molecule has 5 rings (SSSR count). The highest BCUT2D eigenvalue weighted by Crippen LogP contribution is 2.32. The Kier molecular flexibility index (Phi) is 4.74. The molecule has 0 amide bonds. The van der Waals surface area contributed by atoms with Crippen LogP contribution in [0.5, 0.6) is 0 Å². The van der Waals surface area contributed by atoms with Crippen LogP contribution in [0.2, 0.25) is 0 Å². The fourth-order valence-corrected chi connectivity index (χ4v) is 4.76. The van der Waals surface area contributed by atoms with Crippen molar-refractivity contribution in [1.29, 1.82) is 0 Å². The maximum absolute atomic E-state index is 13.3. The van der Waals surface area contributed by atoms with Gasteiger partial charge < -0.3 is 9.13 Å². The largest absolute Gasteiger partial charge is 0.312 e. The van der Waals surface area contributed by atoms with Crippen LogP contribution in [0.15, 0.2) is 70.5 Å². The zero-order valence-electron chi connectivity index (χ0n) is 17.1. The normalized spacial score (nSPS) is 19.4. The molecule has 3 aromatic heterocycles. The van der Waals surface area contributed by atoms with Gasteiger partial charge in [0.05, 0.1) is 28.4 Å². The predicted molar refractivity (Wildman–Crippen MR) is 120 cm³/mol. The van der Waals surface area contributed by atoms with E-state index in [0.29, 0.717) is 34.3 Å². The fraction of sp³-hybridized carbons (Fsp3) is 0.320. The predicted octanol–water partition coefficient (Wildman–Crippen LogP) is 4.51. The first-order chi connectivity index (χ1) is 14.6. The van der Waals surface area contributed by atoms with Crippen molar-refractivity contribution in [3.63, 3.8) is 0 Å². The van der Waals surface area contributed by atoms with Crippen molar-refractivity contribution in [2.24, 2.45) is 5.92 Å². The summed E-state index contributed by atoms with van der Waals surface area (Å²) < 4.78 is 3.54. The van der Waals surface area contributed by atoms with Gasteiger partial charge >= 0.3 is 0 Å². The van der Waals surface area contributed by atoms with Crippen molar-refractivity contribution in [1.82, 2.24) is 14.1 Å². The zero-order valence-corrected chi connectivity index (χ0v) is 17.1. The van der Waals surface area contributed by atoms with Crippen molar-refractivity contribution in [2.75, 3.05) is 0 Å². The van der Waals surface area contributed by atoms with Gasteiger partial charge in [0.15, 0.2) is 0 Å². The Balaban J connectivity index is 1.64. The molecule has 5 heteroatoms. The zero-order chi connectivity index (χ0) is 20.7. The summed E-state index contributed by atoms with van der Waals surface area (Å²) in [6, 6.07) is 15.6. The molecule has 1 aliphatic carbocycles. The van der Waals surface area contributed by atoms with Crippen LogP contribution in [-0.2, 0) is 6.54 Å². The van der Waals surface area contributed by atoms with Gasteiger partial charge in [-0.2, -0.15) is 0 Å². The van der Waals surface area contributed by atoms with Gasteiger partial charge in [-0.15, -0.1) is 0 Å². The lowest BCUT2D eigenvalue weighted by molar-refractivity contribution is 0.253. The van der Waals surface area contributed by atoms with Crippen molar-refractivity contribution >= 4 is 21.8 Å². The Labute approximate surface area is 174 Å². The number of pyridine rings is 3. The second-order valence-electron chi connectivity index (χ2n) is 8.45. The first-order valence-electron chi connectivity index (χ1n) is 10.7. The van der Waals surface area contributed by atoms with Crippen molar-refractivity contribution in [2.45, 2.75) is 45.2 Å². The first kappa shape index (κ1) is 18.8. The Morgan fingerprint density at radius 2 is 1.60 bits per heavy atom. The molecular formula is C25H25N3O2. The minimum atomic E-state index is -0.119. The van der Waals surface area contributed by atoms with Crippen molar-refractivity contribution in [3.05, 3.63) is 87.2 Å². The van der Waals surface area contributed by atoms with Crippen LogP contribution < -0.4 is 11.1 Å². The van der Waals surface area contributed by atoms with E-state index in [1.165, 1.54) is 6.42 Å². The van der Waals surface area contributed by atoms with Gasteiger partial charge in [-0.25, -0.2) is 4.98 Å². The molecule has 1 saturated carbocycles. The number of hydrogen-bond donors (Lipinski definition) is 0. The van der Waals surface area contributed by atoms with E-state index in [2.05, 4.69) is 11.9 Å². The quantitative estimate of drug-likeness (QED) is 0.476. The molecule has 4 aromatic rings. The van der Waals surface area contributed by atoms with Gasteiger partial charge in [0.25, 0.3) is 11.1 Å². The number of aromatic nitrogens is 3. The minimum Gasteiger partial charge on any atom is -0.312 e. The molecule has 2 atom stereocenters. The summed E-state index contributed by atoms with van der Waals surface area (Å²) in [6.45, 7) is 2.72. The molecule has 30 heavy (non-hydrogen) atoms. The van der Waals surface area contributed by atoms with Crippen LogP contribution >= 0.6 is 0 Å². The summed E-state index contributed by atoms with van der Waals surface area (Å²) >= 11 is 0. The summed E-state index contributed by atoms with van der Waals surface area (Å²) in [5.41, 5.74) is 2.17. The Bertz CT molecular complexity index is 1340. The lowest BCUT2D eigenvalue weighted by Crippen LogP contribution is -2.30. The average Bonchev–Trinajstić information content (AvgIpc) is 2.77. The third kappa shape index (κ3) is 3.24. The van der Waals surface area contributed by atoms with E-state index in [0.717, 1.165) is 24.8 Å². The molecule has 1 fully saturated rings. The van der Waals surface area contributed by atoms with E-state index in [1.54, 1.807) is 16.8 Å². The van der Waals surface area contributed by atoms with Gasteiger partial charge in [-0.3, -0.25) is 9.59 Å². The molecule has 0 spiro atoms. The summed E-state index contributed by atoms with van der Waals surface area (Å²) in [5, 5.41) is 1.02. The average molecular weight is 399 g/mol. The second kappa shape index (κ2) is 7.56. The lowest BCUT2D eigenvalue weighted by Gasteiger charge is -2.30. The van der Waals surface area contributed by atoms with E-state index in [4.69, 9.17) is 0 Å². The highest BCUT2D eigenvalue weighted by atomic mass is 16.1. The number of hydrogen-bond acceptors (Lipinski definition) is 3. The van der Waals surface area contributed by atoms with E-state index in [-0.39, 0.29) is 17.2 Å². The Morgan fingerprint density at radius 1 is 0.900 bits per heavy atom. The third-order valence-corrected chi connectivity index (χ3v) is 6.46. The molecule has 0 aliphatic heterocycles. The summed E-state index contributed by atoms with van der Waals surface area (Å²) in [4.78, 5) is 31.1. The molecule has 0 radical (unpaired) electrons. The van der Waals surface area contributed by atoms with Crippen molar-refractivity contribution < 1.29 is 0 Å². The third-order valence-electron chi connectivity index (χ3n) is 6.46. The standard InChI is InChI=1S/C25H25N3O2/c1-17-7-5-6-10-23(17)28-14-12-22-20(25(28)30)15-19-21(26-22)11-13-27(24(19)29)16-18-8-3-2-4-9-18/h2-4,8-9,11-15,17,23H,5-7,10,16H2,1H3/t17-,23+/m0/s1. The summed E-state index contributed by atoms with van der Waals surface area (Å²) in [6.07, 6.45) is 8.22. The lowest BCUT2D eigenvalue weighted by atomic mass is 9.85. The van der Waals surface area contributed by atoms with E-state index in [9.17, 15) is 9.59 Å². The van der Waals surface area contributed by atoms with E-state index < -0.39 is 0 Å². The number of benzene rings is 1. The molecule has 1 aromatic carbocycles. The van der Waals surface area contributed by atoms with Crippen molar-refractivity contribution in [3.8, 4) is 0 Å². The molecule has 0 unspecified atom stereocenters. The van der Waals surface area contributed by atoms with Crippen LogP contribution in [0.25, 0.3) is 21.8 Å². The molecular weight excluding hydrogens is 374 g/mol. The maximum Gasteiger partial charge on any atom is 0.260 e. The maximum atomic E-state index is 13.3. The highest BCUT2D eigenvalue weighted by Gasteiger charge is 2.24. The fourth-order valence-electron chi connectivity index (χ4n) is 4.76. The molecule has 0 bridgehead atoms. The number of nitrogens with zero attached hydrogens (tertiary/aromatic N) is 3. The van der Waals surface area contributed by atoms with Crippen LogP contribution in [-0.4, -0.2) is 14.1 Å². The smallest absolute Gasteiger partial charge is 0.260 e. The van der Waals surface area contributed by atoms with Crippen LogP contribution in [0.4, 0.5) is 0 Å². The SMILES string of the molecule is C[C@H]1CCCC[C@H]1n1ccc2nc3ccn(Cc4ccccc4)c(=O)c3cc2c1=O. The van der Waals surface area contributed by atoms with Gasteiger partial charge in [-0.05, 0) is 42.5 Å². The molecule has 152 valence electrons. The minimum absolute atomic E-state index is 0.0430. The van der Waals surface area contributed by atoms with Crippen LogP contribution in [0.3, 0.4) is 0 Å². The first-order valence-corrected chi connectivity index (χ1v) is 10.7. The second-order valence-corrected chi connectivity index (χ2v) is 8.45. The monoisotopic (exact) mass is 399 g/mol. The molecule has 0 N–H and O–H groups in total. The van der Waals surface area contributed by atoms with Gasteiger partial charge in [0, 0.05) is 18.4 Å².